The third-order valence-corrected chi connectivity index (χ3v) is 6.79. The molecule has 4 aromatic rings. The zero-order chi connectivity index (χ0) is 23.1. The number of fused-ring (bicyclic) bond motifs is 2. The Bertz CT molecular complexity index is 1450. The van der Waals surface area contributed by atoms with Crippen LogP contribution in [0.2, 0.25) is 0 Å². The van der Waals surface area contributed by atoms with Crippen LogP contribution in [0.15, 0.2) is 70.5 Å². The molecule has 174 valence electrons. The van der Waals surface area contributed by atoms with Crippen LogP contribution in [-0.4, -0.2) is 31.4 Å². The SMILES string of the molecule is O=c1c2c(ncn2C2CCCC2)n(Cc2ccccc2)c(=O)n1C[C@@H]1COc2ccccc2O1. The Labute approximate surface area is 196 Å². The number of ether oxygens (including phenoxy) is 2. The molecule has 0 N–H and O–H groups in total. The maximum absolute atomic E-state index is 13.7. The van der Waals surface area contributed by atoms with E-state index in [-0.39, 0.29) is 30.4 Å². The summed E-state index contributed by atoms with van der Waals surface area (Å²) < 4.78 is 16.8. The topological polar surface area (TPSA) is 80.3 Å². The van der Waals surface area contributed by atoms with E-state index in [0.29, 0.717) is 29.2 Å². The molecule has 0 bridgehead atoms. The predicted octanol–water partition coefficient (Wildman–Crippen LogP) is 3.36. The lowest BCUT2D eigenvalue weighted by molar-refractivity contribution is 0.0766. The molecule has 1 aliphatic heterocycles. The zero-order valence-corrected chi connectivity index (χ0v) is 18.8. The molecule has 1 atom stereocenters. The summed E-state index contributed by atoms with van der Waals surface area (Å²) in [5, 5.41) is 0. The number of hydrogen-bond donors (Lipinski definition) is 0. The Morgan fingerprint density at radius 3 is 2.44 bits per heavy atom. The lowest BCUT2D eigenvalue weighted by atomic mass is 10.2. The first-order valence-electron chi connectivity index (χ1n) is 11.8. The fraction of sp³-hybridized carbons (Fsp3) is 0.346. The minimum Gasteiger partial charge on any atom is -0.486 e. The second-order valence-electron chi connectivity index (χ2n) is 9.03. The highest BCUT2D eigenvalue weighted by Crippen LogP contribution is 2.32. The smallest absolute Gasteiger partial charge is 0.333 e. The second kappa shape index (κ2) is 8.52. The number of rotatable bonds is 5. The summed E-state index contributed by atoms with van der Waals surface area (Å²) in [5.74, 6) is 1.29. The number of nitrogens with zero attached hydrogens (tertiary/aromatic N) is 4. The van der Waals surface area contributed by atoms with Gasteiger partial charge in [-0.25, -0.2) is 9.78 Å². The van der Waals surface area contributed by atoms with E-state index in [0.717, 1.165) is 31.2 Å². The van der Waals surface area contributed by atoms with Crippen molar-refractivity contribution < 1.29 is 9.47 Å². The maximum atomic E-state index is 13.7. The van der Waals surface area contributed by atoms with Gasteiger partial charge in [0.25, 0.3) is 5.56 Å². The van der Waals surface area contributed by atoms with Crippen LogP contribution in [0.1, 0.15) is 37.3 Å². The monoisotopic (exact) mass is 458 g/mol. The van der Waals surface area contributed by atoms with Crippen molar-refractivity contribution in [3.05, 3.63) is 87.3 Å². The number of para-hydroxylation sites is 2. The second-order valence-corrected chi connectivity index (χ2v) is 9.03. The summed E-state index contributed by atoms with van der Waals surface area (Å²) in [6, 6.07) is 17.4. The van der Waals surface area contributed by atoms with E-state index in [9.17, 15) is 9.59 Å². The lowest BCUT2D eigenvalue weighted by Crippen LogP contribution is -2.46. The van der Waals surface area contributed by atoms with Gasteiger partial charge in [-0.05, 0) is 30.5 Å². The molecule has 6 rings (SSSR count). The molecule has 34 heavy (non-hydrogen) atoms. The molecule has 8 heteroatoms. The molecule has 3 heterocycles. The predicted molar refractivity (Wildman–Crippen MR) is 128 cm³/mol. The van der Waals surface area contributed by atoms with Crippen molar-refractivity contribution in [3.8, 4) is 11.5 Å². The van der Waals surface area contributed by atoms with E-state index in [2.05, 4.69) is 4.98 Å². The third-order valence-electron chi connectivity index (χ3n) is 6.79. The number of imidazole rings is 1. The summed E-state index contributed by atoms with van der Waals surface area (Å²) in [5.41, 5.74) is 1.18. The molecule has 0 unspecified atom stereocenters. The van der Waals surface area contributed by atoms with E-state index < -0.39 is 6.10 Å². The van der Waals surface area contributed by atoms with Crippen molar-refractivity contribution in [2.75, 3.05) is 6.61 Å². The molecule has 2 aromatic carbocycles. The highest BCUT2D eigenvalue weighted by Gasteiger charge is 2.27. The van der Waals surface area contributed by atoms with Gasteiger partial charge in [-0.1, -0.05) is 55.3 Å². The molecule has 0 saturated heterocycles. The van der Waals surface area contributed by atoms with Crippen LogP contribution in [0.4, 0.5) is 0 Å². The van der Waals surface area contributed by atoms with E-state index >= 15 is 0 Å². The molecule has 2 aliphatic rings. The molecule has 0 radical (unpaired) electrons. The summed E-state index contributed by atoms with van der Waals surface area (Å²) >= 11 is 0. The fourth-order valence-electron chi connectivity index (χ4n) is 5.09. The largest absolute Gasteiger partial charge is 0.486 e. The van der Waals surface area contributed by atoms with Crippen molar-refractivity contribution in [3.63, 3.8) is 0 Å². The first kappa shape index (κ1) is 20.8. The summed E-state index contributed by atoms with van der Waals surface area (Å²) in [6.45, 7) is 0.705. The van der Waals surface area contributed by atoms with Gasteiger partial charge in [0.1, 0.15) is 6.61 Å². The van der Waals surface area contributed by atoms with Crippen LogP contribution in [-0.2, 0) is 13.1 Å². The van der Waals surface area contributed by atoms with Crippen molar-refractivity contribution in [1.29, 1.82) is 0 Å². The molecule has 1 aliphatic carbocycles. The van der Waals surface area contributed by atoms with Crippen LogP contribution in [0.5, 0.6) is 11.5 Å². The average molecular weight is 459 g/mol. The van der Waals surface area contributed by atoms with Crippen LogP contribution in [0.25, 0.3) is 11.2 Å². The Morgan fingerprint density at radius 1 is 0.912 bits per heavy atom. The van der Waals surface area contributed by atoms with E-state index in [1.165, 1.54) is 4.57 Å². The Balaban J connectivity index is 1.46. The highest BCUT2D eigenvalue weighted by atomic mass is 16.6. The highest BCUT2D eigenvalue weighted by molar-refractivity contribution is 5.70. The minimum absolute atomic E-state index is 0.104. The lowest BCUT2D eigenvalue weighted by Gasteiger charge is -2.27. The minimum atomic E-state index is -0.453. The van der Waals surface area contributed by atoms with Crippen molar-refractivity contribution >= 4 is 11.2 Å². The van der Waals surface area contributed by atoms with Gasteiger partial charge in [-0.15, -0.1) is 0 Å². The Kier molecular flexibility index (Phi) is 5.20. The van der Waals surface area contributed by atoms with Crippen LogP contribution >= 0.6 is 0 Å². The first-order chi connectivity index (χ1) is 16.7. The number of aromatic nitrogens is 4. The van der Waals surface area contributed by atoms with Gasteiger partial charge in [-0.3, -0.25) is 13.9 Å². The molecule has 0 amide bonds. The quantitative estimate of drug-likeness (QED) is 0.458. The molecular weight excluding hydrogens is 432 g/mol. The van der Waals surface area contributed by atoms with Gasteiger partial charge in [0.15, 0.2) is 28.8 Å². The zero-order valence-electron chi connectivity index (χ0n) is 18.8. The van der Waals surface area contributed by atoms with Crippen molar-refractivity contribution in [1.82, 2.24) is 18.7 Å². The van der Waals surface area contributed by atoms with Crippen molar-refractivity contribution in [2.24, 2.45) is 0 Å². The van der Waals surface area contributed by atoms with Gasteiger partial charge < -0.3 is 14.0 Å². The Hall–Kier alpha value is -3.81. The molecule has 8 nitrogen and oxygen atoms in total. The summed E-state index contributed by atoms with van der Waals surface area (Å²) in [6.07, 6.45) is 5.57. The standard InChI is InChI=1S/C26H26N4O4/c31-25-23-24(27-17-30(23)19-10-4-5-11-19)28(14-18-8-2-1-3-9-18)26(32)29(25)15-20-16-33-21-12-6-7-13-22(21)34-20/h1-3,6-9,12-13,17,19-20H,4-5,10-11,14-16H2/t20-/m1/s1. The van der Waals surface area contributed by atoms with Gasteiger partial charge >= 0.3 is 5.69 Å². The van der Waals surface area contributed by atoms with Gasteiger partial charge in [-0.2, -0.15) is 0 Å². The Morgan fingerprint density at radius 2 is 1.65 bits per heavy atom. The third kappa shape index (κ3) is 3.59. The summed E-state index contributed by atoms with van der Waals surface area (Å²) in [4.78, 5) is 31.9. The molecule has 1 fully saturated rings. The normalized spacial score (nSPS) is 17.9. The van der Waals surface area contributed by atoms with E-state index in [4.69, 9.17) is 9.47 Å². The molecule has 2 aromatic heterocycles. The summed E-state index contributed by atoms with van der Waals surface area (Å²) in [7, 11) is 0. The maximum Gasteiger partial charge on any atom is 0.333 e. The first-order valence-corrected chi connectivity index (χ1v) is 11.8. The average Bonchev–Trinajstić information content (AvgIpc) is 3.55. The molecular formula is C26H26N4O4. The van der Waals surface area contributed by atoms with Gasteiger partial charge in [0.2, 0.25) is 0 Å². The number of benzene rings is 2. The van der Waals surface area contributed by atoms with E-state index in [1.54, 1.807) is 10.9 Å². The fourth-order valence-corrected chi connectivity index (χ4v) is 5.09. The van der Waals surface area contributed by atoms with Crippen molar-refractivity contribution in [2.45, 2.75) is 50.9 Å². The molecule has 1 saturated carbocycles. The number of hydrogen-bond acceptors (Lipinski definition) is 5. The van der Waals surface area contributed by atoms with Crippen LogP contribution in [0.3, 0.4) is 0 Å². The van der Waals surface area contributed by atoms with Crippen LogP contribution in [0, 0.1) is 0 Å². The van der Waals surface area contributed by atoms with E-state index in [1.807, 2.05) is 59.2 Å². The van der Waals surface area contributed by atoms with Gasteiger partial charge in [0, 0.05) is 6.04 Å². The van der Waals surface area contributed by atoms with Crippen LogP contribution < -0.4 is 20.7 Å². The molecule has 0 spiro atoms. The van der Waals surface area contributed by atoms with Gasteiger partial charge in [0.05, 0.1) is 19.4 Å².